The van der Waals surface area contributed by atoms with E-state index in [9.17, 15) is 13.5 Å². The number of aliphatic hydroxyl groups is 1. The summed E-state index contributed by atoms with van der Waals surface area (Å²) in [6.07, 6.45) is 4.85. The molecule has 6 heteroatoms. The Morgan fingerprint density at radius 2 is 2.00 bits per heavy atom. The van der Waals surface area contributed by atoms with Gasteiger partial charge in [0.1, 0.15) is 0 Å². The van der Waals surface area contributed by atoms with Crippen LogP contribution in [-0.4, -0.2) is 25.1 Å². The third-order valence-electron chi connectivity index (χ3n) is 5.14. The van der Waals surface area contributed by atoms with Gasteiger partial charge in [-0.1, -0.05) is 13.8 Å². The summed E-state index contributed by atoms with van der Waals surface area (Å²) < 4.78 is 28.6. The number of sulfonamides is 1. The average molecular weight is 360 g/mol. The lowest BCUT2D eigenvalue weighted by Crippen LogP contribution is -2.28. The number of pyridine rings is 1. The first-order valence-corrected chi connectivity index (χ1v) is 10.5. The van der Waals surface area contributed by atoms with E-state index < -0.39 is 16.1 Å². The number of nitrogens with zero attached hydrogens (tertiary/aromatic N) is 1. The summed E-state index contributed by atoms with van der Waals surface area (Å²) in [4.78, 5) is 4.84. The van der Waals surface area contributed by atoms with Crippen LogP contribution in [0.15, 0.2) is 23.2 Å². The molecule has 0 saturated heterocycles. The third kappa shape index (κ3) is 3.07. The number of nitrogens with one attached hydrogen (secondary N) is 1. The summed E-state index contributed by atoms with van der Waals surface area (Å²) >= 11 is 0. The van der Waals surface area contributed by atoms with Gasteiger partial charge in [-0.25, -0.2) is 13.1 Å². The van der Waals surface area contributed by atoms with Crippen LogP contribution in [0.25, 0.3) is 10.8 Å². The molecule has 2 aliphatic carbocycles. The van der Waals surface area contributed by atoms with Gasteiger partial charge in [0, 0.05) is 35.1 Å². The van der Waals surface area contributed by atoms with Crippen LogP contribution in [0.1, 0.15) is 62.0 Å². The van der Waals surface area contributed by atoms with E-state index in [1.54, 1.807) is 12.3 Å². The molecule has 4 rings (SSSR count). The molecule has 2 N–H and O–H groups in total. The van der Waals surface area contributed by atoms with Gasteiger partial charge in [-0.3, -0.25) is 4.98 Å². The standard InChI is InChI=1S/C19H24N2O3S/c1-11(2)9-21-25(23,24)19-8-14-13(5-6-18(14)22)16-10-20-17(7-15(16)19)12-3-4-12/h7-8,10-12,18,21-22H,3-6,9H2,1-2H3. The molecule has 0 spiro atoms. The molecule has 0 radical (unpaired) electrons. The Morgan fingerprint density at radius 1 is 1.24 bits per heavy atom. The molecule has 0 aliphatic heterocycles. The normalized spacial score (nSPS) is 20.4. The number of fused-ring (bicyclic) bond motifs is 3. The van der Waals surface area contributed by atoms with Gasteiger partial charge in [-0.2, -0.15) is 0 Å². The van der Waals surface area contributed by atoms with Crippen molar-refractivity contribution in [3.05, 3.63) is 35.2 Å². The summed E-state index contributed by atoms with van der Waals surface area (Å²) in [5.74, 6) is 0.687. The van der Waals surface area contributed by atoms with Crippen LogP contribution in [0.4, 0.5) is 0 Å². The van der Waals surface area contributed by atoms with Crippen molar-refractivity contribution in [3.8, 4) is 0 Å². The van der Waals surface area contributed by atoms with E-state index in [1.165, 1.54) is 0 Å². The molecule has 1 atom stereocenters. The van der Waals surface area contributed by atoms with Gasteiger partial charge in [0.15, 0.2) is 0 Å². The first-order chi connectivity index (χ1) is 11.9. The van der Waals surface area contributed by atoms with Crippen molar-refractivity contribution >= 4 is 20.8 Å². The maximum absolute atomic E-state index is 12.9. The molecule has 1 saturated carbocycles. The summed E-state index contributed by atoms with van der Waals surface area (Å²) in [7, 11) is -3.64. The lowest BCUT2D eigenvalue weighted by Gasteiger charge is -2.15. The van der Waals surface area contributed by atoms with Gasteiger partial charge in [0.05, 0.1) is 11.0 Å². The van der Waals surface area contributed by atoms with Crippen molar-refractivity contribution < 1.29 is 13.5 Å². The Morgan fingerprint density at radius 3 is 2.68 bits per heavy atom. The highest BCUT2D eigenvalue weighted by Crippen LogP contribution is 2.43. The molecular weight excluding hydrogens is 336 g/mol. The van der Waals surface area contributed by atoms with Crippen LogP contribution in [0.3, 0.4) is 0 Å². The van der Waals surface area contributed by atoms with Crippen molar-refractivity contribution in [2.45, 2.75) is 56.4 Å². The summed E-state index contributed by atoms with van der Waals surface area (Å²) in [5.41, 5.74) is 2.75. The van der Waals surface area contributed by atoms with E-state index in [4.69, 9.17) is 0 Å². The maximum Gasteiger partial charge on any atom is 0.241 e. The monoisotopic (exact) mass is 360 g/mol. The van der Waals surface area contributed by atoms with Crippen LogP contribution >= 0.6 is 0 Å². The molecule has 1 unspecified atom stereocenters. The molecule has 0 bridgehead atoms. The molecule has 0 amide bonds. The molecule has 2 aliphatic rings. The Balaban J connectivity index is 1.92. The van der Waals surface area contributed by atoms with Crippen molar-refractivity contribution in [2.75, 3.05) is 6.54 Å². The van der Waals surface area contributed by atoms with Crippen LogP contribution in [0.5, 0.6) is 0 Å². The lowest BCUT2D eigenvalue weighted by atomic mass is 10.0. The van der Waals surface area contributed by atoms with Gasteiger partial charge in [-0.05, 0) is 54.9 Å². The predicted octanol–water partition coefficient (Wildman–Crippen LogP) is 3.03. The fraction of sp³-hybridized carbons (Fsp3) is 0.526. The molecular formula is C19H24N2O3S. The highest BCUT2D eigenvalue weighted by Gasteiger charge is 2.30. The molecule has 25 heavy (non-hydrogen) atoms. The minimum Gasteiger partial charge on any atom is -0.388 e. The van der Waals surface area contributed by atoms with E-state index in [1.807, 2.05) is 19.9 Å². The lowest BCUT2D eigenvalue weighted by molar-refractivity contribution is 0.180. The van der Waals surface area contributed by atoms with Crippen LogP contribution in [0, 0.1) is 5.92 Å². The van der Waals surface area contributed by atoms with Crippen LogP contribution in [0.2, 0.25) is 0 Å². The van der Waals surface area contributed by atoms with Crippen molar-refractivity contribution in [2.24, 2.45) is 5.92 Å². The quantitative estimate of drug-likeness (QED) is 0.859. The fourth-order valence-electron chi connectivity index (χ4n) is 3.57. The SMILES string of the molecule is CC(C)CNS(=O)(=O)c1cc2c(c3cnc(C4CC4)cc13)CCC2O. The van der Waals surface area contributed by atoms with Crippen LogP contribution < -0.4 is 4.72 Å². The largest absolute Gasteiger partial charge is 0.388 e. The first kappa shape index (κ1) is 16.9. The molecule has 2 aromatic rings. The second kappa shape index (κ2) is 6.04. The van der Waals surface area contributed by atoms with Gasteiger partial charge >= 0.3 is 0 Å². The van der Waals surface area contributed by atoms with Gasteiger partial charge in [0.2, 0.25) is 10.0 Å². The third-order valence-corrected chi connectivity index (χ3v) is 6.61. The number of hydrogen-bond donors (Lipinski definition) is 2. The molecule has 5 nitrogen and oxygen atoms in total. The topological polar surface area (TPSA) is 79.3 Å². The van der Waals surface area contributed by atoms with E-state index in [-0.39, 0.29) is 10.8 Å². The Bertz CT molecular complexity index is 933. The van der Waals surface area contributed by atoms with E-state index in [2.05, 4.69) is 9.71 Å². The Hall–Kier alpha value is -1.50. The number of rotatable bonds is 5. The summed E-state index contributed by atoms with van der Waals surface area (Å²) in [6, 6.07) is 3.62. The van der Waals surface area contributed by atoms with E-state index >= 15 is 0 Å². The van der Waals surface area contributed by atoms with E-state index in [0.29, 0.717) is 18.9 Å². The minimum atomic E-state index is -3.64. The zero-order valence-corrected chi connectivity index (χ0v) is 15.4. The second-order valence-corrected chi connectivity index (χ2v) is 9.41. The summed E-state index contributed by atoms with van der Waals surface area (Å²) in [6.45, 7) is 4.34. The van der Waals surface area contributed by atoms with Crippen molar-refractivity contribution in [1.29, 1.82) is 0 Å². The van der Waals surface area contributed by atoms with Crippen LogP contribution in [-0.2, 0) is 16.4 Å². The average Bonchev–Trinajstić information content (AvgIpc) is 3.36. The molecule has 134 valence electrons. The minimum absolute atomic E-state index is 0.227. The number of hydrogen-bond acceptors (Lipinski definition) is 4. The smallest absolute Gasteiger partial charge is 0.241 e. The van der Waals surface area contributed by atoms with Crippen molar-refractivity contribution in [1.82, 2.24) is 9.71 Å². The highest BCUT2D eigenvalue weighted by atomic mass is 32.2. The van der Waals surface area contributed by atoms with E-state index in [0.717, 1.165) is 46.9 Å². The maximum atomic E-state index is 12.9. The number of aryl methyl sites for hydroxylation is 1. The highest BCUT2D eigenvalue weighted by molar-refractivity contribution is 7.89. The molecule has 1 aromatic heterocycles. The fourth-order valence-corrected chi connectivity index (χ4v) is 5.02. The zero-order chi connectivity index (χ0) is 17.8. The number of aromatic nitrogens is 1. The molecule has 1 aromatic carbocycles. The first-order valence-electron chi connectivity index (χ1n) is 9.00. The van der Waals surface area contributed by atoms with Gasteiger partial charge in [0.25, 0.3) is 0 Å². The molecule has 1 fully saturated rings. The Kier molecular flexibility index (Phi) is 4.09. The number of benzene rings is 1. The Labute approximate surface area is 148 Å². The summed E-state index contributed by atoms with van der Waals surface area (Å²) in [5, 5.41) is 11.9. The zero-order valence-electron chi connectivity index (χ0n) is 14.6. The predicted molar refractivity (Wildman–Crippen MR) is 97.0 cm³/mol. The van der Waals surface area contributed by atoms with Gasteiger partial charge < -0.3 is 5.11 Å². The number of aliphatic hydroxyl groups excluding tert-OH is 1. The molecule has 1 heterocycles. The second-order valence-electron chi connectivity index (χ2n) is 7.67. The van der Waals surface area contributed by atoms with Crippen molar-refractivity contribution in [3.63, 3.8) is 0 Å². The van der Waals surface area contributed by atoms with Gasteiger partial charge in [-0.15, -0.1) is 0 Å².